The Kier molecular flexibility index (Phi) is 7.46. The van der Waals surface area contributed by atoms with Crippen molar-refractivity contribution >= 4 is 44.7 Å². The van der Waals surface area contributed by atoms with Crippen molar-refractivity contribution in [3.05, 3.63) is 96.0 Å². The number of furan rings is 1. The van der Waals surface area contributed by atoms with E-state index in [9.17, 15) is 13.2 Å². The molecule has 2 atom stereocenters. The smallest absolute Gasteiger partial charge is 0.337 e. The van der Waals surface area contributed by atoms with Gasteiger partial charge in [0, 0.05) is 23.5 Å². The van der Waals surface area contributed by atoms with Crippen LogP contribution in [0.2, 0.25) is 0 Å². The Morgan fingerprint density at radius 2 is 1.90 bits per heavy atom. The zero-order valence-corrected chi connectivity index (χ0v) is 23.5. The van der Waals surface area contributed by atoms with Gasteiger partial charge in [0.15, 0.2) is 5.11 Å². The fourth-order valence-corrected chi connectivity index (χ4v) is 5.53. The predicted octanol–water partition coefficient (Wildman–Crippen LogP) is 4.69. The van der Waals surface area contributed by atoms with E-state index in [2.05, 4.69) is 15.0 Å². The molecule has 12 heteroatoms. The van der Waals surface area contributed by atoms with E-state index in [-0.39, 0.29) is 6.04 Å². The highest BCUT2D eigenvalue weighted by Gasteiger charge is 2.43. The van der Waals surface area contributed by atoms with Crippen LogP contribution < -0.4 is 19.7 Å². The number of hydrogen-bond acceptors (Lipinski definition) is 8. The summed E-state index contributed by atoms with van der Waals surface area (Å²) in [6.45, 7) is 0. The normalized spacial score (nSPS) is 16.9. The van der Waals surface area contributed by atoms with Gasteiger partial charge in [-0.15, -0.1) is 0 Å². The SMILES string of the molecule is COC(=O)c1cccc(-c2ccc(C3C(c4ccccn4)NC(=S)N3c3ccc(NS(C)(=O)=O)c(OC)c3)o2)c1. The second kappa shape index (κ2) is 11.0. The fraction of sp³-hybridized carbons (Fsp3) is 0.179. The van der Waals surface area contributed by atoms with E-state index in [1.54, 1.807) is 42.6 Å². The van der Waals surface area contributed by atoms with Crippen LogP contribution in [-0.4, -0.2) is 45.0 Å². The standard InChI is InChI=1S/C28H26N4O6S2/c1-36-24-16-19(10-11-20(24)31-40(3,34)35)32-26(25(30-28(32)39)21-9-4-5-14-29-21)23-13-12-22(38-23)17-7-6-8-18(15-17)27(33)37-2/h4-16,25-26,31H,1-3H3,(H,30,39). The maximum Gasteiger partial charge on any atom is 0.337 e. The van der Waals surface area contributed by atoms with Gasteiger partial charge in [-0.1, -0.05) is 18.2 Å². The van der Waals surface area contributed by atoms with Gasteiger partial charge in [0.1, 0.15) is 23.3 Å². The molecule has 10 nitrogen and oxygen atoms in total. The number of hydrogen-bond donors (Lipinski definition) is 2. The van der Waals surface area contributed by atoms with Crippen LogP contribution in [0.4, 0.5) is 11.4 Å². The van der Waals surface area contributed by atoms with Gasteiger partial charge in [-0.25, -0.2) is 13.2 Å². The third-order valence-corrected chi connectivity index (χ3v) is 7.25. The number of anilines is 2. The minimum atomic E-state index is -3.52. The molecule has 0 radical (unpaired) electrons. The second-order valence-electron chi connectivity index (χ2n) is 9.03. The number of carbonyl (C=O) groups excluding carboxylic acids is 1. The molecule has 5 rings (SSSR count). The van der Waals surface area contributed by atoms with E-state index in [1.807, 2.05) is 41.3 Å². The summed E-state index contributed by atoms with van der Waals surface area (Å²) >= 11 is 5.78. The molecule has 0 aliphatic carbocycles. The Labute approximate surface area is 237 Å². The number of aromatic nitrogens is 1. The molecule has 0 amide bonds. The van der Waals surface area contributed by atoms with Gasteiger partial charge in [-0.3, -0.25) is 9.71 Å². The number of pyridine rings is 1. The van der Waals surface area contributed by atoms with Gasteiger partial charge in [-0.2, -0.15) is 0 Å². The summed E-state index contributed by atoms with van der Waals surface area (Å²) in [7, 11) is -0.724. The van der Waals surface area contributed by atoms with Crippen molar-refractivity contribution < 1.29 is 27.1 Å². The molecule has 40 heavy (non-hydrogen) atoms. The van der Waals surface area contributed by atoms with Crippen LogP contribution in [0.5, 0.6) is 5.75 Å². The molecule has 2 unspecified atom stereocenters. The highest BCUT2D eigenvalue weighted by atomic mass is 32.2. The third-order valence-electron chi connectivity index (χ3n) is 6.34. The van der Waals surface area contributed by atoms with Gasteiger partial charge >= 0.3 is 5.97 Å². The summed E-state index contributed by atoms with van der Waals surface area (Å²) in [5.41, 5.74) is 2.83. The maximum atomic E-state index is 12.1. The van der Waals surface area contributed by atoms with E-state index < -0.39 is 22.0 Å². The van der Waals surface area contributed by atoms with Crippen molar-refractivity contribution in [3.8, 4) is 17.1 Å². The number of benzene rings is 2. The zero-order chi connectivity index (χ0) is 28.4. The van der Waals surface area contributed by atoms with E-state index >= 15 is 0 Å². The van der Waals surface area contributed by atoms with Crippen LogP contribution in [0, 0.1) is 0 Å². The van der Waals surface area contributed by atoms with Crippen LogP contribution in [0.1, 0.15) is 33.9 Å². The lowest BCUT2D eigenvalue weighted by atomic mass is 10.0. The van der Waals surface area contributed by atoms with Crippen molar-refractivity contribution in [1.82, 2.24) is 10.3 Å². The second-order valence-corrected chi connectivity index (χ2v) is 11.2. The first kappa shape index (κ1) is 27.2. The van der Waals surface area contributed by atoms with Gasteiger partial charge in [0.05, 0.1) is 43.5 Å². The van der Waals surface area contributed by atoms with Crippen LogP contribution in [-0.2, 0) is 14.8 Å². The molecule has 206 valence electrons. The monoisotopic (exact) mass is 578 g/mol. The molecule has 0 spiro atoms. The third kappa shape index (κ3) is 5.49. The predicted molar refractivity (Wildman–Crippen MR) is 155 cm³/mol. The van der Waals surface area contributed by atoms with Gasteiger partial charge in [0.2, 0.25) is 10.0 Å². The molecule has 1 aliphatic heterocycles. The Bertz CT molecular complexity index is 1670. The van der Waals surface area contributed by atoms with Crippen LogP contribution in [0.15, 0.2) is 83.4 Å². The topological polar surface area (TPSA) is 123 Å². The van der Waals surface area contributed by atoms with Gasteiger partial charge < -0.3 is 24.1 Å². The molecular weight excluding hydrogens is 552 g/mol. The fourth-order valence-electron chi connectivity index (χ4n) is 4.62. The molecule has 2 aromatic heterocycles. The average Bonchev–Trinajstić information content (AvgIpc) is 3.57. The minimum Gasteiger partial charge on any atom is -0.494 e. The number of rotatable bonds is 8. The summed E-state index contributed by atoms with van der Waals surface area (Å²) in [5.74, 6) is 1.04. The van der Waals surface area contributed by atoms with Crippen molar-refractivity contribution in [2.75, 3.05) is 30.1 Å². The number of carbonyl (C=O) groups is 1. The highest BCUT2D eigenvalue weighted by molar-refractivity contribution is 7.92. The Balaban J connectivity index is 1.58. The summed E-state index contributed by atoms with van der Waals surface area (Å²) in [4.78, 5) is 18.5. The highest BCUT2D eigenvalue weighted by Crippen LogP contribution is 2.44. The lowest BCUT2D eigenvalue weighted by molar-refractivity contribution is 0.0600. The molecule has 1 aliphatic rings. The first-order valence-electron chi connectivity index (χ1n) is 12.1. The number of nitrogens with zero attached hydrogens (tertiary/aromatic N) is 2. The lowest BCUT2D eigenvalue weighted by Gasteiger charge is -2.27. The number of nitrogens with one attached hydrogen (secondary N) is 2. The summed E-state index contributed by atoms with van der Waals surface area (Å²) in [5, 5.41) is 3.79. The van der Waals surface area contributed by atoms with Crippen LogP contribution >= 0.6 is 12.2 Å². The Morgan fingerprint density at radius 1 is 1.07 bits per heavy atom. The minimum absolute atomic E-state index is 0.301. The number of thiocarbonyl (C=S) groups is 1. The molecule has 0 saturated carbocycles. The summed E-state index contributed by atoms with van der Waals surface area (Å²) < 4.78 is 42.9. The molecule has 0 bridgehead atoms. The molecule has 1 saturated heterocycles. The molecular formula is C28H26N4O6S2. The van der Waals surface area contributed by atoms with E-state index in [0.29, 0.717) is 44.9 Å². The number of esters is 1. The Hall–Kier alpha value is -4.42. The molecule has 3 heterocycles. The zero-order valence-electron chi connectivity index (χ0n) is 21.8. The largest absolute Gasteiger partial charge is 0.494 e. The Morgan fingerprint density at radius 3 is 2.60 bits per heavy atom. The number of ether oxygens (including phenoxy) is 2. The molecule has 2 N–H and O–H groups in total. The van der Waals surface area contributed by atoms with Crippen LogP contribution in [0.3, 0.4) is 0 Å². The van der Waals surface area contributed by atoms with Crippen LogP contribution in [0.25, 0.3) is 11.3 Å². The van der Waals surface area contributed by atoms with E-state index in [0.717, 1.165) is 11.9 Å². The van der Waals surface area contributed by atoms with Crippen molar-refractivity contribution in [2.45, 2.75) is 12.1 Å². The molecule has 2 aromatic carbocycles. The number of methoxy groups -OCH3 is 2. The van der Waals surface area contributed by atoms with E-state index in [4.69, 9.17) is 26.1 Å². The molecule has 1 fully saturated rings. The average molecular weight is 579 g/mol. The van der Waals surface area contributed by atoms with E-state index in [1.165, 1.54) is 14.2 Å². The van der Waals surface area contributed by atoms with Crippen molar-refractivity contribution in [2.24, 2.45) is 0 Å². The quantitative estimate of drug-likeness (QED) is 0.225. The van der Waals surface area contributed by atoms with Gasteiger partial charge in [0.25, 0.3) is 0 Å². The summed E-state index contributed by atoms with van der Waals surface area (Å²) in [6.07, 6.45) is 2.78. The maximum absolute atomic E-state index is 12.1. The summed E-state index contributed by atoms with van der Waals surface area (Å²) in [6, 6.07) is 20.6. The molecule has 4 aromatic rings. The first-order valence-corrected chi connectivity index (χ1v) is 14.4. The van der Waals surface area contributed by atoms with Gasteiger partial charge in [-0.05, 0) is 60.7 Å². The number of sulfonamides is 1. The first-order chi connectivity index (χ1) is 19.2. The van der Waals surface area contributed by atoms with Crippen molar-refractivity contribution in [1.29, 1.82) is 0 Å². The van der Waals surface area contributed by atoms with Crippen molar-refractivity contribution in [3.63, 3.8) is 0 Å². The lowest BCUT2D eigenvalue weighted by Crippen LogP contribution is -2.29.